The minimum Gasteiger partial charge on any atom is -0.384 e. The van der Waals surface area contributed by atoms with Gasteiger partial charge in [-0.2, -0.15) is 0 Å². The van der Waals surface area contributed by atoms with Crippen molar-refractivity contribution >= 4 is 0 Å². The van der Waals surface area contributed by atoms with Gasteiger partial charge in [-0.3, -0.25) is 4.98 Å². The molecule has 1 fully saturated rings. The zero-order valence-electron chi connectivity index (χ0n) is 7.25. The Balaban J connectivity index is 2.32. The topological polar surface area (TPSA) is 33.1 Å². The van der Waals surface area contributed by atoms with Crippen molar-refractivity contribution in [3.63, 3.8) is 0 Å². The molecule has 0 radical (unpaired) electrons. The smallest absolute Gasteiger partial charge is 0.107 e. The third-order valence-electron chi connectivity index (χ3n) is 2.43. The highest BCUT2D eigenvalue weighted by Crippen LogP contribution is 2.44. The average molecular weight is 163 g/mol. The van der Waals surface area contributed by atoms with Crippen molar-refractivity contribution in [2.24, 2.45) is 0 Å². The van der Waals surface area contributed by atoms with E-state index in [0.717, 1.165) is 25.0 Å². The number of hydrogen-bond donors (Lipinski definition) is 1. The molecule has 1 heterocycles. The Hall–Kier alpha value is -0.890. The predicted octanol–water partition coefficient (Wildman–Crippen LogP) is 1.63. The second-order valence-corrected chi connectivity index (χ2v) is 3.43. The van der Waals surface area contributed by atoms with Gasteiger partial charge in [-0.15, -0.1) is 0 Å². The Morgan fingerprint density at radius 3 is 2.92 bits per heavy atom. The fraction of sp³-hybridized carbons (Fsp3) is 0.500. The van der Waals surface area contributed by atoms with Crippen molar-refractivity contribution in [1.82, 2.24) is 4.98 Å². The summed E-state index contributed by atoms with van der Waals surface area (Å²) in [6, 6.07) is 4.00. The van der Waals surface area contributed by atoms with Gasteiger partial charge >= 0.3 is 0 Å². The molecule has 2 rings (SSSR count). The Kier molecular flexibility index (Phi) is 1.65. The van der Waals surface area contributed by atoms with E-state index in [2.05, 4.69) is 11.9 Å². The molecule has 0 unspecified atom stereocenters. The molecular weight excluding hydrogens is 150 g/mol. The molecule has 1 aromatic rings. The van der Waals surface area contributed by atoms with Crippen LogP contribution < -0.4 is 0 Å². The van der Waals surface area contributed by atoms with Crippen molar-refractivity contribution in [2.75, 3.05) is 0 Å². The van der Waals surface area contributed by atoms with Crippen LogP contribution in [0.1, 0.15) is 31.0 Å². The third-order valence-corrected chi connectivity index (χ3v) is 2.43. The minimum absolute atomic E-state index is 0.578. The lowest BCUT2D eigenvalue weighted by Gasteiger charge is -2.07. The van der Waals surface area contributed by atoms with Crippen LogP contribution in [0.15, 0.2) is 18.3 Å². The van der Waals surface area contributed by atoms with Gasteiger partial charge < -0.3 is 5.11 Å². The lowest BCUT2D eigenvalue weighted by atomic mass is 10.1. The van der Waals surface area contributed by atoms with Crippen LogP contribution in [0, 0.1) is 0 Å². The molecule has 0 atom stereocenters. The Morgan fingerprint density at radius 2 is 2.33 bits per heavy atom. The number of rotatable bonds is 2. The summed E-state index contributed by atoms with van der Waals surface area (Å²) in [5.41, 5.74) is 1.52. The SMILES string of the molecule is CCc1ccnc(C2(O)CC2)c1. The van der Waals surface area contributed by atoms with Crippen molar-refractivity contribution < 1.29 is 5.11 Å². The molecular formula is C10H13NO. The van der Waals surface area contributed by atoms with E-state index in [-0.39, 0.29) is 0 Å². The largest absolute Gasteiger partial charge is 0.384 e. The molecule has 0 aromatic carbocycles. The van der Waals surface area contributed by atoms with E-state index in [4.69, 9.17) is 0 Å². The predicted molar refractivity (Wildman–Crippen MR) is 46.7 cm³/mol. The number of aromatic nitrogens is 1. The molecule has 2 nitrogen and oxygen atoms in total. The van der Waals surface area contributed by atoms with Gasteiger partial charge in [0.2, 0.25) is 0 Å². The van der Waals surface area contributed by atoms with Crippen molar-refractivity contribution in [2.45, 2.75) is 31.8 Å². The Bertz CT molecular complexity index is 292. The second kappa shape index (κ2) is 2.56. The lowest BCUT2D eigenvalue weighted by molar-refractivity contribution is 0.146. The zero-order chi connectivity index (χ0) is 8.60. The number of aryl methyl sites for hydroxylation is 1. The van der Waals surface area contributed by atoms with E-state index in [1.165, 1.54) is 5.56 Å². The molecule has 1 aliphatic carbocycles. The minimum atomic E-state index is -0.578. The normalized spacial score (nSPS) is 19.2. The van der Waals surface area contributed by atoms with Crippen molar-refractivity contribution in [3.8, 4) is 0 Å². The van der Waals surface area contributed by atoms with Crippen LogP contribution in [0.25, 0.3) is 0 Å². The molecule has 1 saturated carbocycles. The van der Waals surface area contributed by atoms with Crippen molar-refractivity contribution in [1.29, 1.82) is 0 Å². The molecule has 1 aliphatic rings. The van der Waals surface area contributed by atoms with Crippen LogP contribution in [0.2, 0.25) is 0 Å². The average Bonchev–Trinajstić information content (AvgIpc) is 2.85. The van der Waals surface area contributed by atoms with Crippen LogP contribution in [0.4, 0.5) is 0 Å². The highest BCUT2D eigenvalue weighted by atomic mass is 16.3. The first-order chi connectivity index (χ1) is 5.74. The first kappa shape index (κ1) is 7.74. The molecule has 0 spiro atoms. The van der Waals surface area contributed by atoms with E-state index in [9.17, 15) is 5.11 Å². The van der Waals surface area contributed by atoms with E-state index < -0.39 is 5.60 Å². The van der Waals surface area contributed by atoms with Crippen LogP contribution in [0.5, 0.6) is 0 Å². The van der Waals surface area contributed by atoms with E-state index in [1.807, 2.05) is 12.1 Å². The fourth-order valence-electron chi connectivity index (χ4n) is 1.32. The molecule has 64 valence electrons. The maximum Gasteiger partial charge on any atom is 0.107 e. The fourth-order valence-corrected chi connectivity index (χ4v) is 1.32. The molecule has 12 heavy (non-hydrogen) atoms. The molecule has 0 saturated heterocycles. The van der Waals surface area contributed by atoms with Crippen LogP contribution >= 0.6 is 0 Å². The van der Waals surface area contributed by atoms with Gasteiger partial charge in [0.1, 0.15) is 5.60 Å². The maximum absolute atomic E-state index is 9.76. The summed E-state index contributed by atoms with van der Waals surface area (Å²) in [5.74, 6) is 0. The quantitative estimate of drug-likeness (QED) is 0.718. The lowest BCUT2D eigenvalue weighted by Crippen LogP contribution is -2.07. The molecule has 0 amide bonds. The summed E-state index contributed by atoms with van der Waals surface area (Å²) in [6.45, 7) is 2.11. The summed E-state index contributed by atoms with van der Waals surface area (Å²) in [6.07, 6.45) is 4.52. The van der Waals surface area contributed by atoms with E-state index >= 15 is 0 Å². The van der Waals surface area contributed by atoms with Gasteiger partial charge in [0.05, 0.1) is 5.69 Å². The molecule has 1 N–H and O–H groups in total. The first-order valence-electron chi connectivity index (χ1n) is 4.42. The Labute approximate surface area is 72.3 Å². The van der Waals surface area contributed by atoms with Gasteiger partial charge in [0, 0.05) is 6.20 Å². The number of hydrogen-bond acceptors (Lipinski definition) is 2. The molecule has 0 bridgehead atoms. The summed E-state index contributed by atoms with van der Waals surface area (Å²) < 4.78 is 0. The standard InChI is InChI=1S/C10H13NO/c1-2-8-3-6-11-9(7-8)10(12)4-5-10/h3,6-7,12H,2,4-5H2,1H3. The summed E-state index contributed by atoms with van der Waals surface area (Å²) in [7, 11) is 0. The monoisotopic (exact) mass is 163 g/mol. The van der Waals surface area contributed by atoms with Gasteiger partial charge in [0.15, 0.2) is 0 Å². The summed E-state index contributed by atoms with van der Waals surface area (Å²) in [4.78, 5) is 4.17. The second-order valence-electron chi connectivity index (χ2n) is 3.43. The summed E-state index contributed by atoms with van der Waals surface area (Å²) in [5, 5.41) is 9.76. The van der Waals surface area contributed by atoms with Crippen LogP contribution in [-0.2, 0) is 12.0 Å². The van der Waals surface area contributed by atoms with Gasteiger partial charge in [-0.05, 0) is 37.0 Å². The summed E-state index contributed by atoms with van der Waals surface area (Å²) >= 11 is 0. The van der Waals surface area contributed by atoms with Crippen LogP contribution in [0.3, 0.4) is 0 Å². The number of aliphatic hydroxyl groups is 1. The van der Waals surface area contributed by atoms with Gasteiger partial charge in [0.25, 0.3) is 0 Å². The molecule has 1 aromatic heterocycles. The number of nitrogens with zero attached hydrogens (tertiary/aromatic N) is 1. The van der Waals surface area contributed by atoms with Gasteiger partial charge in [-0.1, -0.05) is 6.92 Å². The number of pyridine rings is 1. The molecule has 0 aliphatic heterocycles. The van der Waals surface area contributed by atoms with Gasteiger partial charge in [-0.25, -0.2) is 0 Å². The van der Waals surface area contributed by atoms with E-state index in [0.29, 0.717) is 0 Å². The molecule has 2 heteroatoms. The highest BCUT2D eigenvalue weighted by molar-refractivity contribution is 5.24. The first-order valence-corrected chi connectivity index (χ1v) is 4.42. The van der Waals surface area contributed by atoms with E-state index in [1.54, 1.807) is 6.20 Å². The van der Waals surface area contributed by atoms with Crippen LogP contribution in [-0.4, -0.2) is 10.1 Å². The highest BCUT2D eigenvalue weighted by Gasteiger charge is 2.43. The third kappa shape index (κ3) is 1.23. The van der Waals surface area contributed by atoms with Crippen molar-refractivity contribution in [3.05, 3.63) is 29.6 Å². The zero-order valence-corrected chi connectivity index (χ0v) is 7.25. The maximum atomic E-state index is 9.76. The Morgan fingerprint density at radius 1 is 1.58 bits per heavy atom.